The Morgan fingerprint density at radius 2 is 1.83 bits per heavy atom. The van der Waals surface area contributed by atoms with E-state index in [-0.39, 0.29) is 0 Å². The van der Waals surface area contributed by atoms with Crippen LogP contribution in [0.2, 0.25) is 0 Å². The summed E-state index contributed by atoms with van der Waals surface area (Å²) in [5, 5.41) is 0. The maximum atomic E-state index is 5.87. The predicted molar refractivity (Wildman–Crippen MR) is 82.6 cm³/mol. The lowest BCUT2D eigenvalue weighted by molar-refractivity contribution is 0.938. The minimum atomic E-state index is 0.571. The van der Waals surface area contributed by atoms with Crippen molar-refractivity contribution in [3.8, 4) is 0 Å². The van der Waals surface area contributed by atoms with E-state index in [0.29, 0.717) is 5.82 Å². The van der Waals surface area contributed by atoms with E-state index in [4.69, 9.17) is 5.73 Å². The van der Waals surface area contributed by atoms with Gasteiger partial charge >= 0.3 is 0 Å². The number of nitrogen functional groups attached to an aromatic ring is 1. The molecule has 1 aromatic heterocycles. The topological polar surface area (TPSA) is 51.8 Å². The van der Waals surface area contributed by atoms with Crippen LogP contribution < -0.4 is 5.73 Å². The Bertz CT molecular complexity index is 571. The Morgan fingerprint density at radius 1 is 1.11 bits per heavy atom. The highest BCUT2D eigenvalue weighted by molar-refractivity contribution is 14.1. The molecule has 1 aromatic carbocycles. The number of nitrogens with two attached hydrogens (primary N) is 1. The normalized spacial score (nSPS) is 10.7. The summed E-state index contributed by atoms with van der Waals surface area (Å²) in [6.07, 6.45) is 0.725. The molecule has 1 heterocycles. The minimum Gasteiger partial charge on any atom is -0.383 e. The molecule has 0 fully saturated rings. The van der Waals surface area contributed by atoms with Crippen molar-refractivity contribution in [1.82, 2.24) is 9.97 Å². The molecule has 3 nitrogen and oxygen atoms in total. The number of rotatable bonds is 2. The highest BCUT2D eigenvalue weighted by Crippen LogP contribution is 2.17. The molecule has 0 unspecified atom stereocenters. The third kappa shape index (κ3) is 2.80. The first-order valence-corrected chi connectivity index (χ1v) is 6.90. The van der Waals surface area contributed by atoms with Crippen LogP contribution in [0.3, 0.4) is 0 Å². The molecular weight excluding hydrogens is 337 g/mol. The van der Waals surface area contributed by atoms with Gasteiger partial charge in [-0.25, -0.2) is 9.97 Å². The standard InChI is InChI=1S/C14H16IN3/c1-8-4-5-11(6-9(8)2)7-12-17-10(3)13(15)14(16)18-12/h4-6H,7H2,1-3H3,(H2,16,17,18). The third-order valence-corrected chi connectivity index (χ3v) is 4.36. The van der Waals surface area contributed by atoms with E-state index in [1.165, 1.54) is 16.7 Å². The van der Waals surface area contributed by atoms with Crippen LogP contribution in [0.5, 0.6) is 0 Å². The second-order valence-corrected chi connectivity index (χ2v) is 5.60. The lowest BCUT2D eigenvalue weighted by Gasteiger charge is -2.07. The molecule has 0 bridgehead atoms. The number of nitrogens with zero attached hydrogens (tertiary/aromatic N) is 2. The summed E-state index contributed by atoms with van der Waals surface area (Å²) >= 11 is 2.18. The Morgan fingerprint density at radius 3 is 2.44 bits per heavy atom. The smallest absolute Gasteiger partial charge is 0.140 e. The van der Waals surface area contributed by atoms with Crippen LogP contribution in [0.1, 0.15) is 28.2 Å². The maximum absolute atomic E-state index is 5.87. The van der Waals surface area contributed by atoms with Gasteiger partial charge in [0.05, 0.1) is 9.26 Å². The SMILES string of the molecule is Cc1ccc(Cc2nc(C)c(I)c(N)n2)cc1C. The summed E-state index contributed by atoms with van der Waals surface area (Å²) in [6, 6.07) is 6.44. The van der Waals surface area contributed by atoms with E-state index in [0.717, 1.165) is 21.5 Å². The summed E-state index contributed by atoms with van der Waals surface area (Å²) in [5.41, 5.74) is 10.6. The first kappa shape index (κ1) is 13.3. The van der Waals surface area contributed by atoms with Gasteiger partial charge in [0.15, 0.2) is 0 Å². The van der Waals surface area contributed by atoms with Crippen molar-refractivity contribution in [1.29, 1.82) is 0 Å². The quantitative estimate of drug-likeness (QED) is 0.844. The van der Waals surface area contributed by atoms with Crippen LogP contribution in [0, 0.1) is 24.3 Å². The molecule has 4 heteroatoms. The van der Waals surface area contributed by atoms with Gasteiger partial charge in [-0.1, -0.05) is 18.2 Å². The molecule has 0 saturated heterocycles. The van der Waals surface area contributed by atoms with Gasteiger partial charge in [0.25, 0.3) is 0 Å². The average molecular weight is 353 g/mol. The zero-order valence-corrected chi connectivity index (χ0v) is 12.9. The lowest BCUT2D eigenvalue weighted by atomic mass is 10.0. The predicted octanol–water partition coefficient (Wildman–Crippen LogP) is 3.18. The number of benzene rings is 1. The fraction of sp³-hybridized carbons (Fsp3) is 0.286. The first-order chi connectivity index (χ1) is 8.47. The van der Waals surface area contributed by atoms with Crippen LogP contribution in [0.25, 0.3) is 0 Å². The van der Waals surface area contributed by atoms with Crippen LogP contribution in [-0.4, -0.2) is 9.97 Å². The van der Waals surface area contributed by atoms with E-state index in [1.807, 2.05) is 6.92 Å². The summed E-state index contributed by atoms with van der Waals surface area (Å²) in [4.78, 5) is 8.82. The summed E-state index contributed by atoms with van der Waals surface area (Å²) in [6.45, 7) is 6.19. The molecule has 0 saturated carbocycles. The van der Waals surface area contributed by atoms with Gasteiger partial charge in [0, 0.05) is 6.42 Å². The van der Waals surface area contributed by atoms with Gasteiger partial charge < -0.3 is 5.73 Å². The average Bonchev–Trinajstić information content (AvgIpc) is 2.31. The summed E-state index contributed by atoms with van der Waals surface area (Å²) in [5.74, 6) is 1.36. The molecule has 2 N–H and O–H groups in total. The van der Waals surface area contributed by atoms with E-state index in [2.05, 4.69) is 64.6 Å². The van der Waals surface area contributed by atoms with Crippen LogP contribution >= 0.6 is 22.6 Å². The second kappa shape index (κ2) is 5.22. The maximum Gasteiger partial charge on any atom is 0.140 e. The Labute approximate surface area is 121 Å². The molecule has 0 aliphatic rings. The van der Waals surface area contributed by atoms with Crippen LogP contribution in [0.4, 0.5) is 5.82 Å². The second-order valence-electron chi connectivity index (χ2n) is 4.52. The Balaban J connectivity index is 2.31. The molecular formula is C14H16IN3. The van der Waals surface area contributed by atoms with Gasteiger partial charge in [-0.15, -0.1) is 0 Å². The molecule has 94 valence electrons. The molecule has 0 amide bonds. The number of hydrogen-bond acceptors (Lipinski definition) is 3. The molecule has 0 spiro atoms. The van der Waals surface area contributed by atoms with E-state index >= 15 is 0 Å². The number of hydrogen-bond donors (Lipinski definition) is 1. The van der Waals surface area contributed by atoms with Crippen molar-refractivity contribution < 1.29 is 0 Å². The van der Waals surface area contributed by atoms with Crippen molar-refractivity contribution >= 4 is 28.4 Å². The van der Waals surface area contributed by atoms with E-state index in [1.54, 1.807) is 0 Å². The molecule has 0 atom stereocenters. The van der Waals surface area contributed by atoms with Crippen molar-refractivity contribution in [2.24, 2.45) is 0 Å². The van der Waals surface area contributed by atoms with Gasteiger partial charge in [-0.3, -0.25) is 0 Å². The highest BCUT2D eigenvalue weighted by Gasteiger charge is 2.07. The largest absolute Gasteiger partial charge is 0.383 e. The minimum absolute atomic E-state index is 0.571. The number of aromatic nitrogens is 2. The third-order valence-electron chi connectivity index (χ3n) is 3.02. The van der Waals surface area contributed by atoms with Crippen molar-refractivity contribution in [3.05, 3.63) is 50.0 Å². The molecule has 0 radical (unpaired) electrons. The monoisotopic (exact) mass is 353 g/mol. The highest BCUT2D eigenvalue weighted by atomic mass is 127. The molecule has 0 aliphatic carbocycles. The zero-order valence-electron chi connectivity index (χ0n) is 10.8. The Kier molecular flexibility index (Phi) is 3.85. The van der Waals surface area contributed by atoms with Crippen molar-refractivity contribution in [2.75, 3.05) is 5.73 Å². The molecule has 2 aromatic rings. The molecule has 2 rings (SSSR count). The van der Waals surface area contributed by atoms with E-state index in [9.17, 15) is 0 Å². The summed E-state index contributed by atoms with van der Waals surface area (Å²) < 4.78 is 0.941. The Hall–Kier alpha value is -1.17. The van der Waals surface area contributed by atoms with E-state index < -0.39 is 0 Å². The lowest BCUT2D eigenvalue weighted by Crippen LogP contribution is -2.05. The van der Waals surface area contributed by atoms with Gasteiger partial charge in [-0.2, -0.15) is 0 Å². The number of halogens is 1. The van der Waals surface area contributed by atoms with Gasteiger partial charge in [0.1, 0.15) is 11.6 Å². The van der Waals surface area contributed by atoms with Crippen molar-refractivity contribution in [3.63, 3.8) is 0 Å². The van der Waals surface area contributed by atoms with Gasteiger partial charge in [0.2, 0.25) is 0 Å². The zero-order chi connectivity index (χ0) is 13.3. The molecule has 18 heavy (non-hydrogen) atoms. The number of aryl methyl sites for hydroxylation is 3. The first-order valence-electron chi connectivity index (χ1n) is 5.82. The summed E-state index contributed by atoms with van der Waals surface area (Å²) in [7, 11) is 0. The van der Waals surface area contributed by atoms with Crippen LogP contribution in [-0.2, 0) is 6.42 Å². The van der Waals surface area contributed by atoms with Crippen molar-refractivity contribution in [2.45, 2.75) is 27.2 Å². The fourth-order valence-corrected chi connectivity index (χ4v) is 2.06. The number of anilines is 1. The van der Waals surface area contributed by atoms with Crippen LogP contribution in [0.15, 0.2) is 18.2 Å². The van der Waals surface area contributed by atoms with Gasteiger partial charge in [-0.05, 0) is 60.1 Å². The molecule has 0 aliphatic heterocycles. The fourth-order valence-electron chi connectivity index (χ4n) is 1.82.